The van der Waals surface area contributed by atoms with Crippen LogP contribution in [0.3, 0.4) is 0 Å². The molecule has 1 aromatic rings. The summed E-state index contributed by atoms with van der Waals surface area (Å²) in [7, 11) is 1.26. The molecule has 0 atom stereocenters. The topological polar surface area (TPSA) is 59.9 Å². The van der Waals surface area contributed by atoms with E-state index in [0.29, 0.717) is 6.42 Å². The van der Waals surface area contributed by atoms with Crippen molar-refractivity contribution in [2.24, 2.45) is 5.16 Å². The Morgan fingerprint density at radius 2 is 2.10 bits per heavy atom. The zero-order chi connectivity index (χ0) is 16.0. The summed E-state index contributed by atoms with van der Waals surface area (Å²) in [6.07, 6.45) is -5.28. The molecule has 0 aliphatic rings. The fourth-order valence-electron chi connectivity index (χ4n) is 1.27. The van der Waals surface area contributed by atoms with Gasteiger partial charge in [-0.1, -0.05) is 23.7 Å². The first-order valence-electron chi connectivity index (χ1n) is 5.73. The van der Waals surface area contributed by atoms with E-state index in [2.05, 4.69) is 15.3 Å². The molecule has 0 heterocycles. The van der Waals surface area contributed by atoms with Crippen LogP contribution in [0, 0.1) is 0 Å². The van der Waals surface area contributed by atoms with Gasteiger partial charge in [0.25, 0.3) is 0 Å². The SMILES string of the molecule is CCC(Cl)=NOC(=O)Nc1cc(C(F)(F)F)ccc1OC. The summed E-state index contributed by atoms with van der Waals surface area (Å²) in [6.45, 7) is 1.68. The van der Waals surface area contributed by atoms with Gasteiger partial charge in [-0.3, -0.25) is 10.2 Å². The number of hydrogen-bond donors (Lipinski definition) is 1. The van der Waals surface area contributed by atoms with E-state index in [0.717, 1.165) is 18.2 Å². The molecule has 0 saturated carbocycles. The molecule has 21 heavy (non-hydrogen) atoms. The van der Waals surface area contributed by atoms with Crippen LogP contribution in [0.2, 0.25) is 0 Å². The van der Waals surface area contributed by atoms with Crippen LogP contribution in [0.4, 0.5) is 23.7 Å². The fourth-order valence-corrected chi connectivity index (χ4v) is 1.30. The Morgan fingerprint density at radius 3 is 2.62 bits per heavy atom. The predicted molar refractivity (Wildman–Crippen MR) is 71.7 cm³/mol. The zero-order valence-electron chi connectivity index (χ0n) is 11.1. The van der Waals surface area contributed by atoms with Gasteiger partial charge < -0.3 is 4.74 Å². The lowest BCUT2D eigenvalue weighted by molar-refractivity contribution is -0.137. The standard InChI is InChI=1S/C12H12ClF3N2O3/c1-3-10(13)18-21-11(19)17-8-6-7(12(14,15)16)4-5-9(8)20-2/h4-6H,3H2,1-2H3,(H,17,19). The van der Waals surface area contributed by atoms with Gasteiger partial charge in [0, 0.05) is 6.42 Å². The van der Waals surface area contributed by atoms with Crippen molar-refractivity contribution in [2.75, 3.05) is 12.4 Å². The smallest absolute Gasteiger partial charge is 0.437 e. The molecule has 1 rings (SSSR count). The highest BCUT2D eigenvalue weighted by atomic mass is 35.5. The summed E-state index contributed by atoms with van der Waals surface area (Å²) in [6, 6.07) is 2.65. The molecule has 5 nitrogen and oxygen atoms in total. The third-order valence-electron chi connectivity index (χ3n) is 2.28. The van der Waals surface area contributed by atoms with Crippen LogP contribution in [-0.4, -0.2) is 18.4 Å². The number of benzene rings is 1. The van der Waals surface area contributed by atoms with Gasteiger partial charge in [-0.25, -0.2) is 4.79 Å². The minimum absolute atomic E-state index is 0.0427. The molecule has 0 aliphatic heterocycles. The molecular formula is C12H12ClF3N2O3. The van der Waals surface area contributed by atoms with Crippen molar-refractivity contribution in [1.29, 1.82) is 0 Å². The third-order valence-corrected chi connectivity index (χ3v) is 2.62. The molecule has 0 spiro atoms. The summed E-state index contributed by atoms with van der Waals surface area (Å²) in [5, 5.41) is 5.42. The molecule has 0 unspecified atom stereocenters. The van der Waals surface area contributed by atoms with Crippen LogP contribution in [0.25, 0.3) is 0 Å². The first-order valence-corrected chi connectivity index (χ1v) is 6.11. The number of alkyl halides is 3. The van der Waals surface area contributed by atoms with Gasteiger partial charge in [0.05, 0.1) is 18.4 Å². The molecule has 0 fully saturated rings. The van der Waals surface area contributed by atoms with Gasteiger partial charge in [0.2, 0.25) is 0 Å². The van der Waals surface area contributed by atoms with Crippen LogP contribution in [0.5, 0.6) is 5.75 Å². The second kappa shape index (κ2) is 7.16. The van der Waals surface area contributed by atoms with Crippen molar-refractivity contribution < 1.29 is 27.5 Å². The predicted octanol–water partition coefficient (Wildman–Crippen LogP) is 4.22. The van der Waals surface area contributed by atoms with Crippen molar-refractivity contribution in [3.63, 3.8) is 0 Å². The van der Waals surface area contributed by atoms with E-state index in [1.165, 1.54) is 7.11 Å². The number of carbonyl (C=O) groups is 1. The lowest BCUT2D eigenvalue weighted by Gasteiger charge is -2.12. The number of halogens is 4. The number of ether oxygens (including phenoxy) is 1. The lowest BCUT2D eigenvalue weighted by atomic mass is 10.2. The molecule has 0 aromatic heterocycles. The first-order chi connectivity index (χ1) is 9.77. The van der Waals surface area contributed by atoms with E-state index >= 15 is 0 Å². The maximum Gasteiger partial charge on any atom is 0.437 e. The highest BCUT2D eigenvalue weighted by Gasteiger charge is 2.31. The minimum atomic E-state index is -4.55. The number of hydrogen-bond acceptors (Lipinski definition) is 4. The van der Waals surface area contributed by atoms with E-state index in [1.807, 2.05) is 0 Å². The molecule has 9 heteroatoms. The summed E-state index contributed by atoms with van der Waals surface area (Å²) in [5.74, 6) is 0.0468. The lowest BCUT2D eigenvalue weighted by Crippen LogP contribution is -2.13. The van der Waals surface area contributed by atoms with Crippen LogP contribution >= 0.6 is 11.6 Å². The van der Waals surface area contributed by atoms with Gasteiger partial charge >= 0.3 is 12.3 Å². The number of methoxy groups -OCH3 is 1. The van der Waals surface area contributed by atoms with Crippen LogP contribution in [0.15, 0.2) is 23.4 Å². The highest BCUT2D eigenvalue weighted by molar-refractivity contribution is 6.65. The Labute approximate surface area is 123 Å². The average Bonchev–Trinajstić information content (AvgIpc) is 2.43. The summed E-state index contributed by atoms with van der Waals surface area (Å²) in [5.41, 5.74) is -1.13. The highest BCUT2D eigenvalue weighted by Crippen LogP contribution is 2.34. The van der Waals surface area contributed by atoms with Crippen molar-refractivity contribution in [3.8, 4) is 5.75 Å². The molecule has 1 N–H and O–H groups in total. The number of amides is 1. The average molecular weight is 325 g/mol. The quantitative estimate of drug-likeness (QED) is 0.512. The monoisotopic (exact) mass is 324 g/mol. The normalized spacial score (nSPS) is 12.0. The minimum Gasteiger partial charge on any atom is -0.495 e. The van der Waals surface area contributed by atoms with Crippen molar-refractivity contribution in [2.45, 2.75) is 19.5 Å². The summed E-state index contributed by atoms with van der Waals surface area (Å²) in [4.78, 5) is 15.8. The molecule has 0 saturated heterocycles. The van der Waals surface area contributed by atoms with E-state index in [1.54, 1.807) is 6.92 Å². The van der Waals surface area contributed by atoms with Crippen molar-refractivity contribution in [3.05, 3.63) is 23.8 Å². The molecule has 116 valence electrons. The van der Waals surface area contributed by atoms with E-state index in [4.69, 9.17) is 16.3 Å². The van der Waals surface area contributed by atoms with Crippen LogP contribution in [0.1, 0.15) is 18.9 Å². The number of nitrogens with zero attached hydrogens (tertiary/aromatic N) is 1. The molecule has 1 amide bonds. The number of oxime groups is 1. The second-order valence-corrected chi connectivity index (χ2v) is 4.17. The first kappa shape index (κ1) is 17.1. The molecule has 1 aromatic carbocycles. The van der Waals surface area contributed by atoms with Crippen LogP contribution < -0.4 is 10.1 Å². The summed E-state index contributed by atoms with van der Waals surface area (Å²) < 4.78 is 42.7. The Bertz CT molecular complexity index is 547. The maximum atomic E-state index is 12.6. The van der Waals surface area contributed by atoms with Gasteiger partial charge in [-0.2, -0.15) is 13.2 Å². The Balaban J connectivity index is 2.93. The molecule has 0 aliphatic carbocycles. The maximum absolute atomic E-state index is 12.6. The number of anilines is 1. The number of carbonyl (C=O) groups excluding carboxylic acids is 1. The van der Waals surface area contributed by atoms with Gasteiger partial charge in [0.15, 0.2) is 0 Å². The molecular weight excluding hydrogens is 313 g/mol. The largest absolute Gasteiger partial charge is 0.495 e. The fraction of sp³-hybridized carbons (Fsp3) is 0.333. The van der Waals surface area contributed by atoms with Crippen LogP contribution in [-0.2, 0) is 11.0 Å². The van der Waals surface area contributed by atoms with Crippen molar-refractivity contribution >= 4 is 28.6 Å². The Kier molecular flexibility index (Phi) is 5.83. The van der Waals surface area contributed by atoms with Gasteiger partial charge in [0.1, 0.15) is 10.9 Å². The second-order valence-electron chi connectivity index (χ2n) is 3.74. The summed E-state index contributed by atoms with van der Waals surface area (Å²) >= 11 is 5.53. The third kappa shape index (κ3) is 5.14. The molecule has 0 bridgehead atoms. The van der Waals surface area contributed by atoms with E-state index < -0.39 is 17.8 Å². The Morgan fingerprint density at radius 1 is 1.43 bits per heavy atom. The van der Waals surface area contributed by atoms with E-state index in [9.17, 15) is 18.0 Å². The van der Waals surface area contributed by atoms with Crippen molar-refractivity contribution in [1.82, 2.24) is 0 Å². The number of nitrogens with one attached hydrogen (secondary N) is 1. The van der Waals surface area contributed by atoms with Gasteiger partial charge in [-0.15, -0.1) is 0 Å². The zero-order valence-corrected chi connectivity index (χ0v) is 11.9. The molecule has 0 radical (unpaired) electrons. The van der Waals surface area contributed by atoms with E-state index in [-0.39, 0.29) is 16.6 Å². The Hall–Kier alpha value is -1.96. The van der Waals surface area contributed by atoms with Gasteiger partial charge in [-0.05, 0) is 18.2 Å². The number of rotatable bonds is 4.